The molecule has 0 aliphatic rings. The fraction of sp³-hybridized carbons (Fsp3) is 0.417. The van der Waals surface area contributed by atoms with E-state index in [0.29, 0.717) is 28.1 Å². The molecule has 0 bridgehead atoms. The van der Waals surface area contributed by atoms with Gasteiger partial charge in [-0.2, -0.15) is 0 Å². The molecule has 0 heterocycles. The molecule has 0 saturated carbocycles. The summed E-state index contributed by atoms with van der Waals surface area (Å²) in [4.78, 5) is 13.9. The van der Waals surface area contributed by atoms with Gasteiger partial charge in [-0.05, 0) is 47.2 Å². The van der Waals surface area contributed by atoms with Crippen LogP contribution >= 0.6 is 34.2 Å². The van der Waals surface area contributed by atoms with Crippen molar-refractivity contribution in [2.45, 2.75) is 13.3 Å². The molecule has 1 aromatic rings. The Morgan fingerprint density at radius 3 is 2.71 bits per heavy atom. The Bertz CT molecular complexity index is 394. The van der Waals surface area contributed by atoms with E-state index in [-0.39, 0.29) is 11.7 Å². The number of benzene rings is 1. The predicted octanol–water partition coefficient (Wildman–Crippen LogP) is 3.52. The number of carbonyl (C=O) groups excluding carboxylic acids is 1. The summed E-state index contributed by atoms with van der Waals surface area (Å²) >= 11 is 7.64. The Balaban J connectivity index is 2.92. The van der Waals surface area contributed by atoms with Gasteiger partial charge in [-0.1, -0.05) is 6.92 Å². The first-order valence-corrected chi connectivity index (χ1v) is 7.01. The number of alkyl halides is 1. The highest BCUT2D eigenvalue weighted by Crippen LogP contribution is 2.16. The fourth-order valence-corrected chi connectivity index (χ4v) is 2.43. The molecule has 0 saturated heterocycles. The minimum Gasteiger partial charge on any atom is -0.337 e. The van der Waals surface area contributed by atoms with Crippen molar-refractivity contribution in [3.05, 3.63) is 33.1 Å². The van der Waals surface area contributed by atoms with Crippen molar-refractivity contribution in [3.63, 3.8) is 0 Å². The second kappa shape index (κ2) is 7.16. The van der Waals surface area contributed by atoms with Crippen LogP contribution in [0.5, 0.6) is 0 Å². The molecule has 0 spiro atoms. The zero-order valence-electron chi connectivity index (χ0n) is 9.55. The molecular formula is C12H14ClFINO. The topological polar surface area (TPSA) is 20.3 Å². The molecule has 0 atom stereocenters. The molecule has 1 amide bonds. The van der Waals surface area contributed by atoms with Crippen molar-refractivity contribution in [2.24, 2.45) is 0 Å². The molecular weight excluding hydrogens is 355 g/mol. The molecule has 0 aliphatic heterocycles. The lowest BCUT2D eigenvalue weighted by Crippen LogP contribution is -2.34. The number of halogens is 3. The summed E-state index contributed by atoms with van der Waals surface area (Å²) in [5, 5.41) is 0. The first-order valence-electron chi connectivity index (χ1n) is 5.40. The third-order valence-electron chi connectivity index (χ3n) is 2.30. The molecule has 0 aromatic heterocycles. The predicted molar refractivity (Wildman–Crippen MR) is 76.0 cm³/mol. The standard InChI is InChI=1S/C12H14ClFINO/c1-2-6-16(7-5-13)12(17)10-4-3-9(14)8-11(10)15/h3-4,8H,2,5-7H2,1H3. The van der Waals surface area contributed by atoms with Crippen LogP contribution in [-0.4, -0.2) is 29.8 Å². The molecule has 5 heteroatoms. The summed E-state index contributed by atoms with van der Waals surface area (Å²) in [6, 6.07) is 4.19. The average Bonchev–Trinajstić information content (AvgIpc) is 2.28. The monoisotopic (exact) mass is 369 g/mol. The molecule has 0 unspecified atom stereocenters. The molecule has 0 radical (unpaired) electrons. The van der Waals surface area contributed by atoms with Crippen molar-refractivity contribution in [1.29, 1.82) is 0 Å². The number of hydrogen-bond acceptors (Lipinski definition) is 1. The van der Waals surface area contributed by atoms with Gasteiger partial charge in [0.25, 0.3) is 5.91 Å². The molecule has 17 heavy (non-hydrogen) atoms. The van der Waals surface area contributed by atoms with Crippen LogP contribution in [0.3, 0.4) is 0 Å². The lowest BCUT2D eigenvalue weighted by molar-refractivity contribution is 0.0764. The maximum absolute atomic E-state index is 13.0. The second-order valence-electron chi connectivity index (χ2n) is 3.61. The van der Waals surface area contributed by atoms with Gasteiger partial charge < -0.3 is 4.90 Å². The van der Waals surface area contributed by atoms with Gasteiger partial charge in [-0.25, -0.2) is 4.39 Å². The first-order chi connectivity index (χ1) is 8.10. The lowest BCUT2D eigenvalue weighted by Gasteiger charge is -2.21. The van der Waals surface area contributed by atoms with Crippen molar-refractivity contribution in [3.8, 4) is 0 Å². The first kappa shape index (κ1) is 14.7. The second-order valence-corrected chi connectivity index (χ2v) is 5.15. The summed E-state index contributed by atoms with van der Waals surface area (Å²) in [6.07, 6.45) is 0.875. The average molecular weight is 370 g/mol. The molecule has 1 aromatic carbocycles. The van der Waals surface area contributed by atoms with Gasteiger partial charge in [0.1, 0.15) is 5.82 Å². The zero-order chi connectivity index (χ0) is 12.8. The SMILES string of the molecule is CCCN(CCCl)C(=O)c1ccc(F)cc1I. The Morgan fingerprint density at radius 2 is 2.18 bits per heavy atom. The minimum atomic E-state index is -0.328. The largest absolute Gasteiger partial charge is 0.337 e. The van der Waals surface area contributed by atoms with Gasteiger partial charge in [0.05, 0.1) is 5.56 Å². The minimum absolute atomic E-state index is 0.0862. The van der Waals surface area contributed by atoms with Crippen molar-refractivity contribution in [1.82, 2.24) is 4.90 Å². The Kier molecular flexibility index (Phi) is 6.19. The number of rotatable bonds is 5. The highest BCUT2D eigenvalue weighted by Gasteiger charge is 2.17. The molecule has 2 nitrogen and oxygen atoms in total. The summed E-state index contributed by atoms with van der Waals surface area (Å²) in [5.74, 6) is -0.00833. The van der Waals surface area contributed by atoms with Gasteiger partial charge in [0.15, 0.2) is 0 Å². The summed E-state index contributed by atoms with van der Waals surface area (Å²) in [7, 11) is 0. The smallest absolute Gasteiger partial charge is 0.254 e. The Labute approximate surface area is 119 Å². The normalized spacial score (nSPS) is 10.4. The van der Waals surface area contributed by atoms with Gasteiger partial charge in [-0.3, -0.25) is 4.79 Å². The van der Waals surface area contributed by atoms with Crippen LogP contribution in [0.25, 0.3) is 0 Å². The van der Waals surface area contributed by atoms with E-state index in [1.165, 1.54) is 18.2 Å². The van der Waals surface area contributed by atoms with Crippen LogP contribution in [0.15, 0.2) is 18.2 Å². The van der Waals surface area contributed by atoms with Gasteiger partial charge >= 0.3 is 0 Å². The Morgan fingerprint density at radius 1 is 1.47 bits per heavy atom. The van der Waals surface area contributed by atoms with Crippen LogP contribution in [0.1, 0.15) is 23.7 Å². The van der Waals surface area contributed by atoms with Crippen LogP contribution < -0.4 is 0 Å². The van der Waals surface area contributed by atoms with E-state index in [0.717, 1.165) is 6.42 Å². The molecule has 0 fully saturated rings. The number of carbonyl (C=O) groups is 1. The maximum atomic E-state index is 13.0. The molecule has 0 aliphatic carbocycles. The van der Waals surface area contributed by atoms with E-state index in [2.05, 4.69) is 0 Å². The van der Waals surface area contributed by atoms with Gasteiger partial charge in [0, 0.05) is 22.5 Å². The van der Waals surface area contributed by atoms with E-state index < -0.39 is 0 Å². The number of amides is 1. The van der Waals surface area contributed by atoms with E-state index in [1.807, 2.05) is 29.5 Å². The molecule has 1 rings (SSSR count). The fourth-order valence-electron chi connectivity index (χ4n) is 1.52. The van der Waals surface area contributed by atoms with E-state index >= 15 is 0 Å². The number of hydrogen-bond donors (Lipinski definition) is 0. The van der Waals surface area contributed by atoms with Crippen molar-refractivity contribution >= 4 is 40.1 Å². The van der Waals surface area contributed by atoms with Crippen molar-refractivity contribution < 1.29 is 9.18 Å². The van der Waals surface area contributed by atoms with Crippen LogP contribution in [0.2, 0.25) is 0 Å². The lowest BCUT2D eigenvalue weighted by atomic mass is 10.2. The third-order valence-corrected chi connectivity index (χ3v) is 3.36. The van der Waals surface area contributed by atoms with Crippen molar-refractivity contribution in [2.75, 3.05) is 19.0 Å². The van der Waals surface area contributed by atoms with Crippen LogP contribution in [0.4, 0.5) is 4.39 Å². The molecule has 0 N–H and O–H groups in total. The molecule has 94 valence electrons. The summed E-state index contributed by atoms with van der Waals surface area (Å²) < 4.78 is 13.6. The highest BCUT2D eigenvalue weighted by molar-refractivity contribution is 14.1. The number of nitrogens with zero attached hydrogens (tertiary/aromatic N) is 1. The summed E-state index contributed by atoms with van der Waals surface area (Å²) in [6.45, 7) is 3.19. The highest BCUT2D eigenvalue weighted by atomic mass is 127. The van der Waals surface area contributed by atoms with E-state index in [9.17, 15) is 9.18 Å². The maximum Gasteiger partial charge on any atom is 0.254 e. The quantitative estimate of drug-likeness (QED) is 0.574. The van der Waals surface area contributed by atoms with Gasteiger partial charge in [-0.15, -0.1) is 11.6 Å². The summed E-state index contributed by atoms with van der Waals surface area (Å²) in [5.41, 5.74) is 0.533. The zero-order valence-corrected chi connectivity index (χ0v) is 12.5. The van der Waals surface area contributed by atoms with Gasteiger partial charge in [0.2, 0.25) is 0 Å². The Hall–Kier alpha value is -0.360. The third kappa shape index (κ3) is 4.10. The van der Waals surface area contributed by atoms with E-state index in [1.54, 1.807) is 4.90 Å². The van der Waals surface area contributed by atoms with Crippen LogP contribution in [-0.2, 0) is 0 Å². The van der Waals surface area contributed by atoms with Crippen LogP contribution in [0, 0.1) is 9.39 Å². The van der Waals surface area contributed by atoms with E-state index in [4.69, 9.17) is 11.6 Å².